The topological polar surface area (TPSA) is 108 Å². The Morgan fingerprint density at radius 1 is 1.25 bits per heavy atom. The Labute approximate surface area is 138 Å². The van der Waals surface area contributed by atoms with E-state index in [1.54, 1.807) is 18.2 Å². The van der Waals surface area contributed by atoms with Crippen LogP contribution in [0.1, 0.15) is 24.2 Å². The normalized spacial score (nSPS) is 13.8. The highest BCUT2D eigenvalue weighted by Crippen LogP contribution is 2.30. The van der Waals surface area contributed by atoms with Gasteiger partial charge < -0.3 is 16.0 Å². The van der Waals surface area contributed by atoms with Crippen LogP contribution in [0, 0.1) is 11.3 Å². The van der Waals surface area contributed by atoms with Crippen molar-refractivity contribution in [2.75, 3.05) is 11.1 Å². The van der Waals surface area contributed by atoms with Gasteiger partial charge in [-0.25, -0.2) is 4.98 Å². The van der Waals surface area contributed by atoms with E-state index in [1.807, 2.05) is 24.3 Å². The Kier molecular flexibility index (Phi) is 3.30. The number of para-hydroxylation sites is 2. The third-order valence-electron chi connectivity index (χ3n) is 4.16. The van der Waals surface area contributed by atoms with Gasteiger partial charge in [0.1, 0.15) is 5.71 Å². The SMILES string of the molecule is N=C(c1nc2ccccc2[nH]1)c1cc(NC(=O)C2CC2)ccc1N. The number of benzene rings is 2. The van der Waals surface area contributed by atoms with Gasteiger partial charge in [-0.1, -0.05) is 12.1 Å². The molecule has 1 heterocycles. The highest BCUT2D eigenvalue weighted by Gasteiger charge is 2.29. The first-order chi connectivity index (χ1) is 11.6. The van der Waals surface area contributed by atoms with E-state index in [0.717, 1.165) is 23.9 Å². The van der Waals surface area contributed by atoms with Gasteiger partial charge in [-0.05, 0) is 43.2 Å². The third kappa shape index (κ3) is 2.62. The number of nitrogens with one attached hydrogen (secondary N) is 3. The van der Waals surface area contributed by atoms with Crippen LogP contribution in [0.25, 0.3) is 11.0 Å². The summed E-state index contributed by atoms with van der Waals surface area (Å²) in [5, 5.41) is 11.3. The predicted molar refractivity (Wildman–Crippen MR) is 94.2 cm³/mol. The second-order valence-corrected chi connectivity index (χ2v) is 6.04. The van der Waals surface area contributed by atoms with Crippen LogP contribution in [0.4, 0.5) is 11.4 Å². The van der Waals surface area contributed by atoms with Gasteiger partial charge in [-0.3, -0.25) is 10.2 Å². The molecular formula is C18H17N5O. The van der Waals surface area contributed by atoms with Gasteiger partial charge in [-0.15, -0.1) is 0 Å². The molecule has 0 atom stereocenters. The van der Waals surface area contributed by atoms with Crippen LogP contribution in [0.15, 0.2) is 42.5 Å². The maximum absolute atomic E-state index is 11.9. The molecule has 0 bridgehead atoms. The van der Waals surface area contributed by atoms with Crippen molar-refractivity contribution in [1.29, 1.82) is 5.41 Å². The van der Waals surface area contributed by atoms with E-state index in [2.05, 4.69) is 15.3 Å². The number of rotatable bonds is 4. The van der Waals surface area contributed by atoms with E-state index in [-0.39, 0.29) is 17.5 Å². The molecule has 1 amide bonds. The molecule has 5 N–H and O–H groups in total. The van der Waals surface area contributed by atoms with E-state index < -0.39 is 0 Å². The van der Waals surface area contributed by atoms with Crippen LogP contribution in [0.5, 0.6) is 0 Å². The first kappa shape index (κ1) is 14.4. The molecule has 0 radical (unpaired) electrons. The number of nitrogens with zero attached hydrogens (tertiary/aromatic N) is 1. The maximum Gasteiger partial charge on any atom is 0.227 e. The number of aromatic nitrogens is 2. The quantitative estimate of drug-likeness (QED) is 0.438. The highest BCUT2D eigenvalue weighted by atomic mass is 16.2. The summed E-state index contributed by atoms with van der Waals surface area (Å²) in [4.78, 5) is 19.5. The van der Waals surface area contributed by atoms with E-state index in [1.165, 1.54) is 0 Å². The minimum absolute atomic E-state index is 0.0287. The van der Waals surface area contributed by atoms with Crippen LogP contribution in [0.3, 0.4) is 0 Å². The molecule has 0 aliphatic heterocycles. The first-order valence-electron chi connectivity index (χ1n) is 7.86. The number of nitrogens with two attached hydrogens (primary N) is 1. The monoisotopic (exact) mass is 319 g/mol. The van der Waals surface area contributed by atoms with Crippen molar-refractivity contribution in [3.8, 4) is 0 Å². The number of aromatic amines is 1. The molecular weight excluding hydrogens is 302 g/mol. The Balaban J connectivity index is 1.66. The number of H-pyrrole nitrogens is 1. The largest absolute Gasteiger partial charge is 0.398 e. The lowest BCUT2D eigenvalue weighted by atomic mass is 10.1. The Morgan fingerprint density at radius 2 is 2.04 bits per heavy atom. The molecule has 0 unspecified atom stereocenters. The minimum Gasteiger partial charge on any atom is -0.398 e. The molecule has 6 heteroatoms. The molecule has 0 spiro atoms. The second kappa shape index (κ2) is 5.49. The molecule has 1 fully saturated rings. The fraction of sp³-hybridized carbons (Fsp3) is 0.167. The molecule has 1 aliphatic rings. The predicted octanol–water partition coefficient (Wildman–Crippen LogP) is 2.91. The number of nitrogen functional groups attached to an aromatic ring is 1. The van der Waals surface area contributed by atoms with Crippen molar-refractivity contribution in [2.45, 2.75) is 12.8 Å². The molecule has 2 aromatic carbocycles. The number of amides is 1. The number of hydrogen-bond acceptors (Lipinski definition) is 4. The van der Waals surface area contributed by atoms with Gasteiger partial charge in [-0.2, -0.15) is 0 Å². The Bertz CT molecular complexity index is 922. The standard InChI is InChI=1S/C18H17N5O/c19-13-8-7-11(21-18(24)10-5-6-10)9-12(13)16(20)17-22-14-3-1-2-4-15(14)23-17/h1-4,7-10,20H,5-6,19H2,(H,21,24)(H,22,23). The molecule has 4 rings (SSSR count). The summed E-state index contributed by atoms with van der Waals surface area (Å²) in [6.07, 6.45) is 1.89. The van der Waals surface area contributed by atoms with Crippen molar-refractivity contribution in [3.05, 3.63) is 53.9 Å². The van der Waals surface area contributed by atoms with E-state index >= 15 is 0 Å². The third-order valence-corrected chi connectivity index (χ3v) is 4.16. The van der Waals surface area contributed by atoms with Gasteiger partial charge in [0.15, 0.2) is 5.82 Å². The number of imidazole rings is 1. The zero-order valence-electron chi connectivity index (χ0n) is 13.0. The summed E-state index contributed by atoms with van der Waals surface area (Å²) < 4.78 is 0. The zero-order chi connectivity index (χ0) is 16.7. The second-order valence-electron chi connectivity index (χ2n) is 6.04. The average molecular weight is 319 g/mol. The van der Waals surface area contributed by atoms with Crippen LogP contribution < -0.4 is 11.1 Å². The smallest absolute Gasteiger partial charge is 0.227 e. The number of carbonyl (C=O) groups excluding carboxylic acids is 1. The fourth-order valence-corrected chi connectivity index (χ4v) is 2.64. The zero-order valence-corrected chi connectivity index (χ0v) is 13.0. The van der Waals surface area contributed by atoms with Crippen molar-refractivity contribution < 1.29 is 4.79 Å². The molecule has 1 saturated carbocycles. The van der Waals surface area contributed by atoms with Crippen molar-refractivity contribution >= 4 is 34.0 Å². The average Bonchev–Trinajstić information content (AvgIpc) is 3.35. The van der Waals surface area contributed by atoms with Gasteiger partial charge in [0.25, 0.3) is 0 Å². The van der Waals surface area contributed by atoms with Gasteiger partial charge >= 0.3 is 0 Å². The van der Waals surface area contributed by atoms with Crippen molar-refractivity contribution in [3.63, 3.8) is 0 Å². The number of anilines is 2. The van der Waals surface area contributed by atoms with Crippen LogP contribution >= 0.6 is 0 Å². The van der Waals surface area contributed by atoms with Crippen LogP contribution in [-0.4, -0.2) is 21.6 Å². The summed E-state index contributed by atoms with van der Waals surface area (Å²) in [6, 6.07) is 12.8. The van der Waals surface area contributed by atoms with E-state index in [0.29, 0.717) is 22.8 Å². The van der Waals surface area contributed by atoms with Crippen molar-refractivity contribution in [1.82, 2.24) is 9.97 Å². The molecule has 1 aromatic heterocycles. The highest BCUT2D eigenvalue weighted by molar-refractivity contribution is 6.13. The van der Waals surface area contributed by atoms with Gasteiger partial charge in [0.05, 0.1) is 11.0 Å². The molecule has 6 nitrogen and oxygen atoms in total. The van der Waals surface area contributed by atoms with Gasteiger partial charge in [0, 0.05) is 22.9 Å². The van der Waals surface area contributed by atoms with E-state index in [9.17, 15) is 4.79 Å². The van der Waals surface area contributed by atoms with Crippen molar-refractivity contribution in [2.24, 2.45) is 5.92 Å². The van der Waals surface area contributed by atoms with E-state index in [4.69, 9.17) is 11.1 Å². The summed E-state index contributed by atoms with van der Waals surface area (Å²) in [6.45, 7) is 0. The fourth-order valence-electron chi connectivity index (χ4n) is 2.64. The molecule has 0 saturated heterocycles. The lowest BCUT2D eigenvalue weighted by Gasteiger charge is -2.10. The van der Waals surface area contributed by atoms with Crippen LogP contribution in [0.2, 0.25) is 0 Å². The number of hydrogen-bond donors (Lipinski definition) is 4. The van der Waals surface area contributed by atoms with Gasteiger partial charge in [0.2, 0.25) is 5.91 Å². The molecule has 120 valence electrons. The molecule has 3 aromatic rings. The maximum atomic E-state index is 11.9. The Hall–Kier alpha value is -3.15. The summed E-state index contributed by atoms with van der Waals surface area (Å²) in [5.41, 5.74) is 9.57. The molecule has 24 heavy (non-hydrogen) atoms. The Morgan fingerprint density at radius 3 is 2.79 bits per heavy atom. The number of carbonyl (C=O) groups is 1. The van der Waals surface area contributed by atoms with Crippen LogP contribution in [-0.2, 0) is 4.79 Å². The summed E-state index contributed by atoms with van der Waals surface area (Å²) >= 11 is 0. The molecule has 1 aliphatic carbocycles. The summed E-state index contributed by atoms with van der Waals surface area (Å²) in [7, 11) is 0. The summed E-state index contributed by atoms with van der Waals surface area (Å²) in [5.74, 6) is 0.607. The number of fused-ring (bicyclic) bond motifs is 1. The lowest BCUT2D eigenvalue weighted by molar-refractivity contribution is -0.117. The minimum atomic E-state index is 0.0287. The first-order valence-corrected chi connectivity index (χ1v) is 7.86. The lowest BCUT2D eigenvalue weighted by Crippen LogP contribution is -2.14.